The number of nitrogens with one attached hydrogen (secondary N) is 3. The zero-order chi connectivity index (χ0) is 21.8. The summed E-state index contributed by atoms with van der Waals surface area (Å²) in [4.78, 5) is 24.9. The average Bonchev–Trinajstić information content (AvgIpc) is 3.20. The lowest BCUT2D eigenvalue weighted by atomic mass is 10.2. The van der Waals surface area contributed by atoms with E-state index in [9.17, 15) is 14.0 Å². The van der Waals surface area contributed by atoms with Crippen LogP contribution in [0.15, 0.2) is 30.3 Å². The first kappa shape index (κ1) is 21.4. The predicted octanol–water partition coefficient (Wildman–Crippen LogP) is 2.90. The van der Waals surface area contributed by atoms with Crippen LogP contribution in [0.25, 0.3) is 5.69 Å². The van der Waals surface area contributed by atoms with E-state index in [1.807, 2.05) is 18.4 Å². The summed E-state index contributed by atoms with van der Waals surface area (Å²) in [5.74, 6) is -0.520. The Morgan fingerprint density at radius 1 is 1.20 bits per heavy atom. The van der Waals surface area contributed by atoms with E-state index in [4.69, 9.17) is 12.2 Å². The quantitative estimate of drug-likeness (QED) is 0.414. The summed E-state index contributed by atoms with van der Waals surface area (Å²) in [6.45, 7) is 5.58. The molecule has 30 heavy (non-hydrogen) atoms. The van der Waals surface area contributed by atoms with Crippen LogP contribution in [0.4, 0.5) is 4.39 Å². The fourth-order valence-corrected chi connectivity index (χ4v) is 3.50. The maximum absolute atomic E-state index is 13.2. The molecule has 0 unspecified atom stereocenters. The zero-order valence-electron chi connectivity index (χ0n) is 17.0. The molecule has 158 valence electrons. The number of hydrazine groups is 1. The number of aryl methyl sites for hydroxylation is 2. The number of rotatable bonds is 6. The van der Waals surface area contributed by atoms with E-state index in [2.05, 4.69) is 21.0 Å². The molecule has 0 bridgehead atoms. The van der Waals surface area contributed by atoms with Crippen LogP contribution in [-0.4, -0.2) is 31.1 Å². The van der Waals surface area contributed by atoms with Crippen LogP contribution in [0.5, 0.6) is 0 Å². The molecule has 0 spiro atoms. The average molecular weight is 431 g/mol. The highest BCUT2D eigenvalue weighted by Gasteiger charge is 2.18. The Hall–Kier alpha value is -3.27. The second-order valence-corrected chi connectivity index (χ2v) is 7.27. The van der Waals surface area contributed by atoms with Crippen molar-refractivity contribution in [1.29, 1.82) is 0 Å². The highest BCUT2D eigenvalue weighted by molar-refractivity contribution is 7.71. The molecule has 0 atom stereocenters. The van der Waals surface area contributed by atoms with Gasteiger partial charge in [-0.2, -0.15) is 5.10 Å². The number of carbonyl (C=O) groups excluding carboxylic acids is 2. The van der Waals surface area contributed by atoms with Gasteiger partial charge in [0.1, 0.15) is 18.2 Å². The van der Waals surface area contributed by atoms with Crippen molar-refractivity contribution in [2.75, 3.05) is 0 Å². The Kier molecular flexibility index (Phi) is 6.46. The molecule has 0 aliphatic heterocycles. The Morgan fingerprint density at radius 3 is 2.57 bits per heavy atom. The van der Waals surface area contributed by atoms with Gasteiger partial charge in [0.05, 0.1) is 5.56 Å². The monoisotopic (exact) mass is 430 g/mol. The smallest absolute Gasteiger partial charge is 0.271 e. The van der Waals surface area contributed by atoms with Gasteiger partial charge in [0.25, 0.3) is 11.8 Å². The summed E-state index contributed by atoms with van der Waals surface area (Å²) >= 11 is 5.16. The Morgan fingerprint density at radius 2 is 1.90 bits per heavy atom. The summed E-state index contributed by atoms with van der Waals surface area (Å²) in [5, 5.41) is 6.79. The van der Waals surface area contributed by atoms with Crippen molar-refractivity contribution in [1.82, 2.24) is 30.2 Å². The summed E-state index contributed by atoms with van der Waals surface area (Å²) in [7, 11) is 0. The molecule has 0 saturated heterocycles. The van der Waals surface area contributed by atoms with Gasteiger partial charge in [-0.05, 0) is 62.8 Å². The minimum Gasteiger partial charge on any atom is -0.318 e. The van der Waals surface area contributed by atoms with Crippen LogP contribution >= 0.6 is 12.2 Å². The minimum absolute atomic E-state index is 0.0560. The first-order valence-electron chi connectivity index (χ1n) is 9.50. The first-order chi connectivity index (χ1) is 14.3. The van der Waals surface area contributed by atoms with E-state index in [1.165, 1.54) is 12.1 Å². The molecule has 8 nitrogen and oxygen atoms in total. The van der Waals surface area contributed by atoms with Crippen molar-refractivity contribution in [2.45, 2.75) is 40.2 Å². The Labute approximate surface area is 178 Å². The van der Waals surface area contributed by atoms with Gasteiger partial charge in [0.2, 0.25) is 0 Å². The van der Waals surface area contributed by atoms with E-state index < -0.39 is 11.8 Å². The lowest BCUT2D eigenvalue weighted by molar-refractivity contribution is -0.122. The van der Waals surface area contributed by atoms with E-state index in [1.54, 1.807) is 29.7 Å². The first-order valence-corrected chi connectivity index (χ1v) is 9.90. The number of aromatic nitrogens is 4. The van der Waals surface area contributed by atoms with Crippen LogP contribution in [0.1, 0.15) is 40.9 Å². The normalized spacial score (nSPS) is 10.8. The SMILES string of the molecule is CCCc1n[nH]c(=S)n1CC(=O)NNC(=O)c1cc(C)n(-c2ccc(F)cc2)c1C. The van der Waals surface area contributed by atoms with Gasteiger partial charge < -0.3 is 4.57 Å². The van der Waals surface area contributed by atoms with E-state index in [0.717, 1.165) is 17.8 Å². The van der Waals surface area contributed by atoms with Crippen molar-refractivity contribution in [3.8, 4) is 5.69 Å². The molecule has 2 amide bonds. The third kappa shape index (κ3) is 4.48. The lowest BCUT2D eigenvalue weighted by Crippen LogP contribution is -2.43. The topological polar surface area (TPSA) is 96.7 Å². The summed E-state index contributed by atoms with van der Waals surface area (Å²) < 4.78 is 17.0. The van der Waals surface area contributed by atoms with Crippen molar-refractivity contribution < 1.29 is 14.0 Å². The maximum Gasteiger partial charge on any atom is 0.271 e. The number of benzene rings is 1. The number of nitrogens with zero attached hydrogens (tertiary/aromatic N) is 3. The highest BCUT2D eigenvalue weighted by atomic mass is 32.1. The van der Waals surface area contributed by atoms with Crippen molar-refractivity contribution >= 4 is 24.0 Å². The van der Waals surface area contributed by atoms with Crippen molar-refractivity contribution in [3.63, 3.8) is 0 Å². The van der Waals surface area contributed by atoms with Crippen molar-refractivity contribution in [3.05, 3.63) is 63.7 Å². The molecule has 1 aromatic carbocycles. The molecule has 0 fully saturated rings. The van der Waals surface area contributed by atoms with Gasteiger partial charge in [-0.25, -0.2) is 4.39 Å². The highest BCUT2D eigenvalue weighted by Crippen LogP contribution is 2.21. The number of hydrogen-bond acceptors (Lipinski definition) is 4. The molecule has 3 aromatic rings. The fraction of sp³-hybridized carbons (Fsp3) is 0.300. The van der Waals surface area contributed by atoms with Gasteiger partial charge in [0, 0.05) is 23.5 Å². The minimum atomic E-state index is -0.450. The number of halogens is 1. The van der Waals surface area contributed by atoms with Gasteiger partial charge in [-0.15, -0.1) is 0 Å². The number of hydrogen-bond donors (Lipinski definition) is 3. The third-order valence-corrected chi connectivity index (χ3v) is 5.00. The molecule has 3 rings (SSSR count). The second-order valence-electron chi connectivity index (χ2n) is 6.88. The number of carbonyl (C=O) groups is 2. The lowest BCUT2D eigenvalue weighted by Gasteiger charge is -2.11. The van der Waals surface area contributed by atoms with Crippen LogP contribution < -0.4 is 10.9 Å². The van der Waals surface area contributed by atoms with Crippen molar-refractivity contribution in [2.24, 2.45) is 0 Å². The molecular formula is C20H23FN6O2S. The molecule has 0 saturated carbocycles. The molecule has 2 heterocycles. The standard InChI is InChI=1S/C20H23FN6O2S/c1-4-5-17-22-25-20(30)26(17)11-18(28)23-24-19(29)16-10-12(2)27(13(16)3)15-8-6-14(21)7-9-15/h6-10H,4-5,11H2,1-3H3,(H,23,28)(H,24,29)(H,25,30). The molecule has 0 radical (unpaired) electrons. The van der Waals surface area contributed by atoms with E-state index in [-0.39, 0.29) is 12.4 Å². The second kappa shape index (κ2) is 9.04. The molecule has 3 N–H and O–H groups in total. The van der Waals surface area contributed by atoms with Gasteiger partial charge in [0.15, 0.2) is 4.77 Å². The predicted molar refractivity (Wildman–Crippen MR) is 112 cm³/mol. The largest absolute Gasteiger partial charge is 0.318 e. The van der Waals surface area contributed by atoms with Gasteiger partial charge >= 0.3 is 0 Å². The maximum atomic E-state index is 13.2. The number of aromatic amines is 1. The summed E-state index contributed by atoms with van der Waals surface area (Å²) in [6.07, 6.45) is 1.55. The van der Waals surface area contributed by atoms with E-state index in [0.29, 0.717) is 28.3 Å². The molecule has 10 heteroatoms. The third-order valence-electron chi connectivity index (χ3n) is 4.69. The molecule has 2 aromatic heterocycles. The van der Waals surface area contributed by atoms with Gasteiger partial charge in [-0.1, -0.05) is 6.92 Å². The van der Waals surface area contributed by atoms with E-state index >= 15 is 0 Å². The number of amides is 2. The van der Waals surface area contributed by atoms with Crippen LogP contribution in [-0.2, 0) is 17.8 Å². The van der Waals surface area contributed by atoms with Crippen LogP contribution in [0, 0.1) is 24.4 Å². The Balaban J connectivity index is 1.69. The van der Waals surface area contributed by atoms with Crippen LogP contribution in [0.3, 0.4) is 0 Å². The summed E-state index contributed by atoms with van der Waals surface area (Å²) in [5.41, 5.74) is 7.48. The summed E-state index contributed by atoms with van der Waals surface area (Å²) in [6, 6.07) is 7.72. The zero-order valence-corrected chi connectivity index (χ0v) is 17.8. The molecule has 0 aliphatic rings. The van der Waals surface area contributed by atoms with Gasteiger partial charge in [-0.3, -0.25) is 30.1 Å². The van der Waals surface area contributed by atoms with Crippen LogP contribution in [0.2, 0.25) is 0 Å². The molecular weight excluding hydrogens is 407 g/mol. The fourth-order valence-electron chi connectivity index (χ4n) is 3.28. The number of H-pyrrole nitrogens is 1. The molecule has 0 aliphatic carbocycles. The Bertz CT molecular complexity index is 1130.